The van der Waals surface area contributed by atoms with E-state index in [4.69, 9.17) is 4.52 Å². The van der Waals surface area contributed by atoms with Crippen molar-refractivity contribution >= 4 is 29.9 Å². The van der Waals surface area contributed by atoms with Crippen molar-refractivity contribution in [1.82, 2.24) is 25.7 Å². The van der Waals surface area contributed by atoms with E-state index >= 15 is 0 Å². The quantitative estimate of drug-likeness (QED) is 0.420. The molecule has 8 heteroatoms. The highest BCUT2D eigenvalue weighted by atomic mass is 127. The van der Waals surface area contributed by atoms with Gasteiger partial charge in [-0.2, -0.15) is 4.98 Å². The summed E-state index contributed by atoms with van der Waals surface area (Å²) in [5, 5.41) is 10.6. The van der Waals surface area contributed by atoms with Gasteiger partial charge >= 0.3 is 0 Å². The molecule has 2 N–H and O–H groups in total. The number of halogens is 1. The van der Waals surface area contributed by atoms with E-state index in [-0.39, 0.29) is 24.0 Å². The lowest BCUT2D eigenvalue weighted by Gasteiger charge is -2.18. The van der Waals surface area contributed by atoms with Gasteiger partial charge in [-0.05, 0) is 26.2 Å². The van der Waals surface area contributed by atoms with Crippen molar-refractivity contribution in [2.75, 3.05) is 26.7 Å². The van der Waals surface area contributed by atoms with Crippen molar-refractivity contribution in [1.29, 1.82) is 0 Å². The summed E-state index contributed by atoms with van der Waals surface area (Å²) < 4.78 is 5.09. The van der Waals surface area contributed by atoms with Crippen LogP contribution in [0.15, 0.2) is 9.52 Å². The number of rotatable bonds is 5. The summed E-state index contributed by atoms with van der Waals surface area (Å²) >= 11 is 0. The van der Waals surface area contributed by atoms with Crippen LogP contribution in [0.1, 0.15) is 31.0 Å². The van der Waals surface area contributed by atoms with E-state index in [1.54, 1.807) is 7.05 Å². The van der Waals surface area contributed by atoms with Crippen molar-refractivity contribution in [3.05, 3.63) is 11.7 Å². The minimum Gasteiger partial charge on any atom is -0.356 e. The van der Waals surface area contributed by atoms with Gasteiger partial charge in [0.2, 0.25) is 5.89 Å². The first-order valence-corrected chi connectivity index (χ1v) is 7.75. The Morgan fingerprint density at radius 1 is 1.41 bits per heavy atom. The van der Waals surface area contributed by atoms with Crippen molar-refractivity contribution < 1.29 is 4.52 Å². The fourth-order valence-corrected chi connectivity index (χ4v) is 2.79. The summed E-state index contributed by atoms with van der Waals surface area (Å²) in [5.74, 6) is 2.20. The number of likely N-dealkylation sites (tertiary alicyclic amines) is 1. The molecule has 2 fully saturated rings. The predicted molar refractivity (Wildman–Crippen MR) is 95.7 cm³/mol. The van der Waals surface area contributed by atoms with Gasteiger partial charge in [-0.3, -0.25) is 9.89 Å². The summed E-state index contributed by atoms with van der Waals surface area (Å²) in [6.45, 7) is 4.90. The third kappa shape index (κ3) is 4.80. The third-order valence-electron chi connectivity index (χ3n) is 4.05. The van der Waals surface area contributed by atoms with E-state index in [2.05, 4.69) is 30.7 Å². The van der Waals surface area contributed by atoms with Crippen LogP contribution in [0.4, 0.5) is 0 Å². The van der Waals surface area contributed by atoms with Crippen LogP contribution < -0.4 is 10.6 Å². The lowest BCUT2D eigenvalue weighted by atomic mass is 10.3. The highest BCUT2D eigenvalue weighted by molar-refractivity contribution is 14.0. The Bertz CT molecular complexity index is 501. The Hall–Kier alpha value is -0.900. The molecule has 1 unspecified atom stereocenters. The molecule has 0 aromatic carbocycles. The molecule has 1 aromatic heterocycles. The second-order valence-electron chi connectivity index (χ2n) is 5.84. The van der Waals surface area contributed by atoms with Gasteiger partial charge in [0.25, 0.3) is 0 Å². The Morgan fingerprint density at radius 3 is 2.86 bits per heavy atom. The van der Waals surface area contributed by atoms with E-state index in [0.29, 0.717) is 24.2 Å². The van der Waals surface area contributed by atoms with Gasteiger partial charge in [0, 0.05) is 45.2 Å². The molecular weight excluding hydrogens is 395 g/mol. The van der Waals surface area contributed by atoms with Gasteiger partial charge in [-0.1, -0.05) is 5.16 Å². The highest BCUT2D eigenvalue weighted by Crippen LogP contribution is 2.29. The molecule has 0 radical (unpaired) electrons. The van der Waals surface area contributed by atoms with Crippen molar-refractivity contribution in [2.45, 2.75) is 44.7 Å². The van der Waals surface area contributed by atoms with Gasteiger partial charge in [-0.25, -0.2) is 0 Å². The van der Waals surface area contributed by atoms with Crippen LogP contribution in [0.2, 0.25) is 0 Å². The molecule has 2 aliphatic rings. The van der Waals surface area contributed by atoms with Gasteiger partial charge in [-0.15, -0.1) is 24.0 Å². The minimum atomic E-state index is 0. The fourth-order valence-electron chi connectivity index (χ4n) is 2.79. The number of aryl methyl sites for hydroxylation is 1. The van der Waals surface area contributed by atoms with Gasteiger partial charge in [0.1, 0.15) is 0 Å². The van der Waals surface area contributed by atoms with E-state index in [0.717, 1.165) is 25.1 Å². The summed E-state index contributed by atoms with van der Waals surface area (Å²) in [5.41, 5.74) is 0. The maximum Gasteiger partial charge on any atom is 0.228 e. The van der Waals surface area contributed by atoms with Crippen LogP contribution >= 0.6 is 24.0 Å². The zero-order valence-corrected chi connectivity index (χ0v) is 15.5. The first-order valence-electron chi connectivity index (χ1n) is 7.75. The second kappa shape index (κ2) is 8.09. The summed E-state index contributed by atoms with van der Waals surface area (Å²) in [7, 11) is 1.81. The molecule has 0 amide bonds. The Kier molecular flexibility index (Phi) is 6.42. The molecular formula is C14H25IN6O. The number of aliphatic imine (C=N–C) groups is 1. The number of guanidine groups is 1. The zero-order chi connectivity index (χ0) is 14.7. The molecule has 1 saturated carbocycles. The van der Waals surface area contributed by atoms with E-state index in [9.17, 15) is 0 Å². The van der Waals surface area contributed by atoms with Gasteiger partial charge in [0.15, 0.2) is 11.8 Å². The van der Waals surface area contributed by atoms with Crippen molar-refractivity contribution in [2.24, 2.45) is 4.99 Å². The maximum atomic E-state index is 5.09. The van der Waals surface area contributed by atoms with Gasteiger partial charge in [0.05, 0.1) is 0 Å². The molecule has 1 saturated heterocycles. The van der Waals surface area contributed by atoms with Gasteiger partial charge < -0.3 is 15.2 Å². The number of hydrogen-bond acceptors (Lipinski definition) is 5. The summed E-state index contributed by atoms with van der Waals surface area (Å²) in [4.78, 5) is 11.1. The van der Waals surface area contributed by atoms with Crippen LogP contribution in [-0.4, -0.2) is 59.8 Å². The number of nitrogens with zero attached hydrogens (tertiary/aromatic N) is 4. The molecule has 124 valence electrons. The summed E-state index contributed by atoms with van der Waals surface area (Å²) in [6.07, 6.45) is 4.66. The highest BCUT2D eigenvalue weighted by Gasteiger charge is 2.34. The average Bonchev–Trinajstić information content (AvgIpc) is 3.09. The molecule has 1 aliphatic carbocycles. The lowest BCUT2D eigenvalue weighted by Crippen LogP contribution is -2.45. The number of hydrogen-bond donors (Lipinski definition) is 2. The Labute approximate surface area is 148 Å². The van der Waals surface area contributed by atoms with Crippen LogP contribution in [0.25, 0.3) is 0 Å². The standard InChI is InChI=1S/C14H24N6O.HI/c1-10-17-13(21-19-10)5-7-16-14(15-2)18-11-6-8-20(9-11)12-3-4-12;/h11-12H,3-9H2,1-2H3,(H2,15,16,18);1H. The monoisotopic (exact) mass is 420 g/mol. The first-order chi connectivity index (χ1) is 10.2. The molecule has 3 rings (SSSR count). The second-order valence-corrected chi connectivity index (χ2v) is 5.84. The molecule has 1 aromatic rings. The minimum absolute atomic E-state index is 0. The molecule has 0 spiro atoms. The van der Waals surface area contributed by atoms with Crippen LogP contribution in [-0.2, 0) is 6.42 Å². The molecule has 0 bridgehead atoms. The normalized spacial score (nSPS) is 22.5. The third-order valence-corrected chi connectivity index (χ3v) is 4.05. The average molecular weight is 420 g/mol. The van der Waals surface area contributed by atoms with E-state index in [1.165, 1.54) is 25.8 Å². The van der Waals surface area contributed by atoms with E-state index < -0.39 is 0 Å². The molecule has 1 aliphatic heterocycles. The largest absolute Gasteiger partial charge is 0.356 e. The van der Waals surface area contributed by atoms with E-state index in [1.807, 2.05) is 6.92 Å². The lowest BCUT2D eigenvalue weighted by molar-refractivity contribution is 0.321. The predicted octanol–water partition coefficient (Wildman–Crippen LogP) is 0.940. The number of aromatic nitrogens is 2. The topological polar surface area (TPSA) is 78.6 Å². The van der Waals surface area contributed by atoms with Crippen LogP contribution in [0.3, 0.4) is 0 Å². The smallest absolute Gasteiger partial charge is 0.228 e. The van der Waals surface area contributed by atoms with Crippen molar-refractivity contribution in [3.63, 3.8) is 0 Å². The van der Waals surface area contributed by atoms with Crippen molar-refractivity contribution in [3.8, 4) is 0 Å². The van der Waals surface area contributed by atoms with Crippen LogP contribution in [0.5, 0.6) is 0 Å². The maximum absolute atomic E-state index is 5.09. The molecule has 22 heavy (non-hydrogen) atoms. The molecule has 7 nitrogen and oxygen atoms in total. The summed E-state index contributed by atoms with van der Waals surface area (Å²) in [6, 6.07) is 1.36. The first kappa shape index (κ1) is 17.5. The molecule has 1 atom stereocenters. The molecule has 2 heterocycles. The fraction of sp³-hybridized carbons (Fsp3) is 0.786. The number of nitrogens with one attached hydrogen (secondary N) is 2. The Balaban J connectivity index is 0.00000176. The SMILES string of the molecule is CN=C(NCCc1nc(C)no1)NC1CCN(C2CC2)C1.I. The zero-order valence-electron chi connectivity index (χ0n) is 13.2. The van der Waals surface area contributed by atoms with Crippen LogP contribution in [0, 0.1) is 6.92 Å². The Morgan fingerprint density at radius 2 is 2.23 bits per heavy atom.